The highest BCUT2D eigenvalue weighted by atomic mass is 19.4. The summed E-state index contributed by atoms with van der Waals surface area (Å²) in [6.07, 6.45) is -3.28. The molecule has 0 radical (unpaired) electrons. The van der Waals surface area contributed by atoms with Crippen molar-refractivity contribution in [3.05, 3.63) is 35.4 Å². The molecular formula is C21H26F3N5O2. The molecule has 0 saturated carbocycles. The Labute approximate surface area is 179 Å². The second-order valence-corrected chi connectivity index (χ2v) is 8.00. The molecule has 2 aliphatic heterocycles. The van der Waals surface area contributed by atoms with Gasteiger partial charge in [0.25, 0.3) is 0 Å². The number of hydrogen-bond donors (Lipinski definition) is 1. The van der Waals surface area contributed by atoms with Crippen LogP contribution in [-0.2, 0) is 22.3 Å². The quantitative estimate of drug-likeness (QED) is 0.624. The maximum atomic E-state index is 13.3. The molecule has 168 valence electrons. The molecule has 2 N–H and O–H groups in total. The van der Waals surface area contributed by atoms with Gasteiger partial charge >= 0.3 is 6.18 Å². The van der Waals surface area contributed by atoms with Gasteiger partial charge in [-0.2, -0.15) is 18.4 Å². The number of rotatable bonds is 8. The molecule has 0 aromatic heterocycles. The lowest BCUT2D eigenvalue weighted by Crippen LogP contribution is -2.56. The van der Waals surface area contributed by atoms with Gasteiger partial charge < -0.3 is 15.5 Å². The Morgan fingerprint density at radius 2 is 2.10 bits per heavy atom. The normalized spacial score (nSPS) is 21.9. The van der Waals surface area contributed by atoms with Gasteiger partial charge in [0, 0.05) is 32.2 Å². The van der Waals surface area contributed by atoms with Crippen molar-refractivity contribution in [3.8, 4) is 6.07 Å². The van der Waals surface area contributed by atoms with Crippen molar-refractivity contribution in [3.63, 3.8) is 0 Å². The van der Waals surface area contributed by atoms with Crippen molar-refractivity contribution < 1.29 is 22.8 Å². The average molecular weight is 437 g/mol. The summed E-state index contributed by atoms with van der Waals surface area (Å²) in [5.74, 6) is -0.579. The standard InChI is InChI=1S/C21H26F3N5O2/c1-2-8-27(9-7-25)19(30)17(26)13-28-12-15-10-18(28)20(31)29(15)11-14-5-3-4-6-16(14)21(22,23)24/h3-6,15,17-18H,2,8-13,26H2,1H3. The molecule has 3 unspecified atom stereocenters. The Morgan fingerprint density at radius 3 is 2.71 bits per heavy atom. The lowest BCUT2D eigenvalue weighted by molar-refractivity contribution is -0.142. The van der Waals surface area contributed by atoms with Crippen LogP contribution < -0.4 is 5.73 Å². The third-order valence-electron chi connectivity index (χ3n) is 5.87. The van der Waals surface area contributed by atoms with Gasteiger partial charge in [0.2, 0.25) is 11.8 Å². The van der Waals surface area contributed by atoms with Gasteiger partial charge in [0.1, 0.15) is 6.54 Å². The molecule has 0 spiro atoms. The van der Waals surface area contributed by atoms with Crippen LogP contribution in [0.4, 0.5) is 13.2 Å². The lowest BCUT2D eigenvalue weighted by Gasteiger charge is -2.35. The molecule has 2 heterocycles. The van der Waals surface area contributed by atoms with Gasteiger partial charge in [0.15, 0.2) is 0 Å². The molecular weight excluding hydrogens is 411 g/mol. The number of halogens is 3. The summed E-state index contributed by atoms with van der Waals surface area (Å²) in [5.41, 5.74) is 5.41. The van der Waals surface area contributed by atoms with E-state index in [0.717, 1.165) is 6.07 Å². The smallest absolute Gasteiger partial charge is 0.333 e. The summed E-state index contributed by atoms with van der Waals surface area (Å²) in [4.78, 5) is 30.1. The molecule has 1 aromatic rings. The topological polar surface area (TPSA) is 93.7 Å². The van der Waals surface area contributed by atoms with Crippen LogP contribution in [0.3, 0.4) is 0 Å². The number of benzene rings is 1. The summed E-state index contributed by atoms with van der Waals surface area (Å²) in [7, 11) is 0. The lowest BCUT2D eigenvalue weighted by atomic mass is 10.1. The van der Waals surface area contributed by atoms with E-state index in [-0.39, 0.29) is 43.1 Å². The first-order valence-corrected chi connectivity index (χ1v) is 10.3. The summed E-state index contributed by atoms with van der Waals surface area (Å²) in [6, 6.07) is 5.66. The number of hydrogen-bond acceptors (Lipinski definition) is 5. The number of carbonyl (C=O) groups excluding carboxylic acids is 2. The van der Waals surface area contributed by atoms with Crippen molar-refractivity contribution in [2.24, 2.45) is 5.73 Å². The predicted molar refractivity (Wildman–Crippen MR) is 106 cm³/mol. The molecule has 2 saturated heterocycles. The van der Waals surface area contributed by atoms with Crippen LogP contribution >= 0.6 is 0 Å². The van der Waals surface area contributed by atoms with Gasteiger partial charge in [-0.15, -0.1) is 0 Å². The number of nitriles is 1. The van der Waals surface area contributed by atoms with Crippen molar-refractivity contribution in [1.29, 1.82) is 5.26 Å². The summed E-state index contributed by atoms with van der Waals surface area (Å²) >= 11 is 0. The second kappa shape index (κ2) is 9.24. The number of carbonyl (C=O) groups is 2. The third-order valence-corrected chi connectivity index (χ3v) is 5.87. The average Bonchev–Trinajstić information content (AvgIpc) is 3.25. The zero-order valence-corrected chi connectivity index (χ0v) is 17.3. The van der Waals surface area contributed by atoms with E-state index in [9.17, 15) is 22.8 Å². The number of amides is 2. The first kappa shape index (κ1) is 23.0. The molecule has 0 aliphatic carbocycles. The van der Waals surface area contributed by atoms with Gasteiger partial charge in [-0.25, -0.2) is 0 Å². The molecule has 7 nitrogen and oxygen atoms in total. The van der Waals surface area contributed by atoms with E-state index in [2.05, 4.69) is 0 Å². The largest absolute Gasteiger partial charge is 0.416 e. The van der Waals surface area contributed by atoms with Crippen LogP contribution in [0.1, 0.15) is 30.9 Å². The first-order chi connectivity index (χ1) is 14.7. The molecule has 3 rings (SSSR count). The highest BCUT2D eigenvalue weighted by Gasteiger charge is 2.50. The number of likely N-dealkylation sites (tertiary alicyclic amines) is 2. The Morgan fingerprint density at radius 1 is 1.39 bits per heavy atom. The van der Waals surface area contributed by atoms with Gasteiger partial charge in [0.05, 0.1) is 23.7 Å². The molecule has 2 aliphatic rings. The van der Waals surface area contributed by atoms with Crippen molar-refractivity contribution in [1.82, 2.24) is 14.7 Å². The van der Waals surface area contributed by atoms with E-state index < -0.39 is 23.8 Å². The van der Waals surface area contributed by atoms with Crippen LogP contribution in [0, 0.1) is 11.3 Å². The van der Waals surface area contributed by atoms with E-state index >= 15 is 0 Å². The number of nitrogens with two attached hydrogens (primary N) is 1. The van der Waals surface area contributed by atoms with Crippen molar-refractivity contribution in [2.75, 3.05) is 26.2 Å². The summed E-state index contributed by atoms with van der Waals surface area (Å²) < 4.78 is 39.8. The Kier molecular flexibility index (Phi) is 6.86. The maximum Gasteiger partial charge on any atom is 0.416 e. The van der Waals surface area contributed by atoms with Crippen LogP contribution in [0.5, 0.6) is 0 Å². The van der Waals surface area contributed by atoms with Gasteiger partial charge in [-0.3, -0.25) is 14.5 Å². The van der Waals surface area contributed by atoms with E-state index in [1.165, 1.54) is 28.0 Å². The van der Waals surface area contributed by atoms with Gasteiger partial charge in [-0.1, -0.05) is 25.1 Å². The molecule has 3 atom stereocenters. The zero-order valence-electron chi connectivity index (χ0n) is 17.3. The number of fused-ring (bicyclic) bond motifs is 2. The molecule has 1 aromatic carbocycles. The Balaban J connectivity index is 1.64. The Hall–Kier alpha value is -2.64. The number of piperazine rings is 1. The molecule has 2 fully saturated rings. The Bertz CT molecular complexity index is 869. The van der Waals surface area contributed by atoms with Gasteiger partial charge in [-0.05, 0) is 24.5 Å². The monoisotopic (exact) mass is 437 g/mol. The van der Waals surface area contributed by atoms with Crippen LogP contribution in [0.2, 0.25) is 0 Å². The minimum atomic E-state index is -4.48. The second-order valence-electron chi connectivity index (χ2n) is 8.00. The van der Waals surface area contributed by atoms with Crippen LogP contribution in [0.15, 0.2) is 24.3 Å². The SMILES string of the molecule is CCCN(CC#N)C(=O)C(N)CN1CC2CC1C(=O)N2Cc1ccccc1C(F)(F)F. The fourth-order valence-electron chi connectivity index (χ4n) is 4.45. The van der Waals surface area contributed by atoms with Crippen molar-refractivity contribution in [2.45, 2.75) is 50.6 Å². The first-order valence-electron chi connectivity index (χ1n) is 10.3. The van der Waals surface area contributed by atoms with Crippen LogP contribution in [0.25, 0.3) is 0 Å². The summed E-state index contributed by atoms with van der Waals surface area (Å²) in [6.45, 7) is 2.81. The van der Waals surface area contributed by atoms with E-state index in [1.807, 2.05) is 17.9 Å². The maximum absolute atomic E-state index is 13.3. The third kappa shape index (κ3) is 4.83. The van der Waals surface area contributed by atoms with E-state index in [4.69, 9.17) is 11.0 Å². The zero-order chi connectivity index (χ0) is 22.8. The number of alkyl halides is 3. The highest BCUT2D eigenvalue weighted by Crippen LogP contribution is 2.36. The molecule has 10 heteroatoms. The van der Waals surface area contributed by atoms with Crippen molar-refractivity contribution >= 4 is 11.8 Å². The van der Waals surface area contributed by atoms with E-state index in [0.29, 0.717) is 25.9 Å². The highest BCUT2D eigenvalue weighted by molar-refractivity contribution is 5.86. The number of nitrogens with zero attached hydrogens (tertiary/aromatic N) is 4. The summed E-state index contributed by atoms with van der Waals surface area (Å²) in [5, 5.41) is 8.90. The fraction of sp³-hybridized carbons (Fsp3) is 0.571. The molecule has 31 heavy (non-hydrogen) atoms. The fourth-order valence-corrected chi connectivity index (χ4v) is 4.45. The minimum absolute atomic E-state index is 0.0439. The molecule has 2 amide bonds. The predicted octanol–water partition coefficient (Wildman–Crippen LogP) is 1.58. The molecule has 2 bridgehead atoms. The van der Waals surface area contributed by atoms with E-state index in [1.54, 1.807) is 0 Å². The van der Waals surface area contributed by atoms with Crippen LogP contribution in [-0.4, -0.2) is 70.8 Å². The minimum Gasteiger partial charge on any atom is -0.333 e.